The third kappa shape index (κ3) is 3.53. The molecule has 0 saturated carbocycles. The number of hydrogen-bond acceptors (Lipinski definition) is 4. The van der Waals surface area contributed by atoms with Crippen LogP contribution in [0.5, 0.6) is 0 Å². The molecule has 0 bridgehead atoms. The molecule has 1 saturated heterocycles. The summed E-state index contributed by atoms with van der Waals surface area (Å²) in [4.78, 5) is 5.90. The standard InChI is InChI=1S/C13H18F3N3O/c1-2-17-11-6-9(13(14,15)16)7-12(18-11)19-5-3-4-10(20)8-19/h6-7,10,20H,2-5,8H2,1H3,(H,17,18). The van der Waals surface area contributed by atoms with Crippen LogP contribution in [0.15, 0.2) is 12.1 Å². The highest BCUT2D eigenvalue weighted by atomic mass is 19.4. The predicted molar refractivity (Wildman–Crippen MR) is 70.9 cm³/mol. The van der Waals surface area contributed by atoms with E-state index in [1.54, 1.807) is 11.8 Å². The molecule has 4 nitrogen and oxygen atoms in total. The Balaban J connectivity index is 2.33. The van der Waals surface area contributed by atoms with Crippen LogP contribution in [0.1, 0.15) is 25.3 Å². The molecule has 1 fully saturated rings. The van der Waals surface area contributed by atoms with Crippen LogP contribution in [0.4, 0.5) is 24.8 Å². The molecule has 0 spiro atoms. The minimum absolute atomic E-state index is 0.206. The van der Waals surface area contributed by atoms with E-state index in [1.165, 1.54) is 0 Å². The summed E-state index contributed by atoms with van der Waals surface area (Å²) < 4.78 is 38.7. The molecular weight excluding hydrogens is 271 g/mol. The molecule has 0 aromatic carbocycles. The molecule has 2 heterocycles. The quantitative estimate of drug-likeness (QED) is 0.897. The topological polar surface area (TPSA) is 48.4 Å². The third-order valence-corrected chi connectivity index (χ3v) is 3.22. The highest BCUT2D eigenvalue weighted by molar-refractivity contribution is 5.51. The minimum atomic E-state index is -4.41. The van der Waals surface area contributed by atoms with Gasteiger partial charge in [0.05, 0.1) is 11.7 Å². The third-order valence-electron chi connectivity index (χ3n) is 3.22. The fraction of sp³-hybridized carbons (Fsp3) is 0.615. The van der Waals surface area contributed by atoms with Crippen molar-refractivity contribution in [1.29, 1.82) is 0 Å². The number of halogens is 3. The number of alkyl halides is 3. The van der Waals surface area contributed by atoms with Crippen molar-refractivity contribution in [2.24, 2.45) is 0 Å². The van der Waals surface area contributed by atoms with Crippen LogP contribution in [0.2, 0.25) is 0 Å². The van der Waals surface area contributed by atoms with Gasteiger partial charge >= 0.3 is 6.18 Å². The molecular formula is C13H18F3N3O. The maximum atomic E-state index is 12.9. The fourth-order valence-electron chi connectivity index (χ4n) is 2.28. The Morgan fingerprint density at radius 3 is 2.80 bits per heavy atom. The van der Waals surface area contributed by atoms with E-state index in [9.17, 15) is 18.3 Å². The molecule has 112 valence electrons. The van der Waals surface area contributed by atoms with Gasteiger partial charge < -0.3 is 15.3 Å². The number of pyridine rings is 1. The number of anilines is 2. The van der Waals surface area contributed by atoms with Gasteiger partial charge in [-0.2, -0.15) is 13.2 Å². The molecule has 1 aliphatic rings. The molecule has 1 aliphatic heterocycles. The normalized spacial score (nSPS) is 20.1. The van der Waals surface area contributed by atoms with Gasteiger partial charge in [0.25, 0.3) is 0 Å². The fourth-order valence-corrected chi connectivity index (χ4v) is 2.28. The Labute approximate surface area is 115 Å². The number of nitrogens with one attached hydrogen (secondary N) is 1. The monoisotopic (exact) mass is 289 g/mol. The van der Waals surface area contributed by atoms with E-state index in [-0.39, 0.29) is 11.6 Å². The number of hydrogen-bond donors (Lipinski definition) is 2. The Kier molecular flexibility index (Phi) is 4.37. The number of piperidine rings is 1. The Morgan fingerprint density at radius 2 is 2.20 bits per heavy atom. The van der Waals surface area contributed by atoms with Crippen LogP contribution in [0.25, 0.3) is 0 Å². The first-order chi connectivity index (χ1) is 9.40. The number of nitrogens with zero attached hydrogens (tertiary/aromatic N) is 2. The molecule has 2 rings (SSSR count). The maximum absolute atomic E-state index is 12.9. The average Bonchev–Trinajstić information content (AvgIpc) is 2.38. The highest BCUT2D eigenvalue weighted by Crippen LogP contribution is 2.33. The first kappa shape index (κ1) is 14.9. The van der Waals surface area contributed by atoms with Crippen LogP contribution in [-0.2, 0) is 6.18 Å². The molecule has 0 amide bonds. The number of aromatic nitrogens is 1. The van der Waals surface area contributed by atoms with Gasteiger partial charge in [0.1, 0.15) is 11.6 Å². The summed E-state index contributed by atoms with van der Waals surface area (Å²) in [5, 5.41) is 12.4. The summed E-state index contributed by atoms with van der Waals surface area (Å²) in [6, 6.07) is 2.05. The smallest absolute Gasteiger partial charge is 0.391 e. The molecule has 20 heavy (non-hydrogen) atoms. The summed E-state index contributed by atoms with van der Waals surface area (Å²) >= 11 is 0. The van der Waals surface area contributed by atoms with Crippen molar-refractivity contribution in [2.75, 3.05) is 29.9 Å². The lowest BCUT2D eigenvalue weighted by atomic mass is 10.1. The predicted octanol–water partition coefficient (Wildman–Crippen LogP) is 2.49. The van der Waals surface area contributed by atoms with E-state index >= 15 is 0 Å². The minimum Gasteiger partial charge on any atom is -0.391 e. The van der Waals surface area contributed by atoms with Gasteiger partial charge in [0.15, 0.2) is 0 Å². The number of aliphatic hydroxyl groups is 1. The molecule has 1 atom stereocenters. The molecule has 1 unspecified atom stereocenters. The SMILES string of the molecule is CCNc1cc(C(F)(F)F)cc(N2CCCC(O)C2)n1. The van der Waals surface area contributed by atoms with Crippen LogP contribution in [0, 0.1) is 0 Å². The first-order valence-corrected chi connectivity index (χ1v) is 6.66. The van der Waals surface area contributed by atoms with E-state index in [4.69, 9.17) is 0 Å². The summed E-state index contributed by atoms with van der Waals surface area (Å²) in [5.41, 5.74) is -0.724. The van der Waals surface area contributed by atoms with Crippen molar-refractivity contribution in [3.05, 3.63) is 17.7 Å². The van der Waals surface area contributed by atoms with Crippen LogP contribution in [-0.4, -0.2) is 35.8 Å². The molecule has 1 aromatic heterocycles. The lowest BCUT2D eigenvalue weighted by Crippen LogP contribution is -2.38. The summed E-state index contributed by atoms with van der Waals surface area (Å²) in [7, 11) is 0. The molecule has 0 radical (unpaired) electrons. The van der Waals surface area contributed by atoms with E-state index in [2.05, 4.69) is 10.3 Å². The number of rotatable bonds is 3. The average molecular weight is 289 g/mol. The van der Waals surface area contributed by atoms with Gasteiger partial charge in [0.2, 0.25) is 0 Å². The van der Waals surface area contributed by atoms with Crippen LogP contribution < -0.4 is 10.2 Å². The van der Waals surface area contributed by atoms with Gasteiger partial charge in [0, 0.05) is 19.6 Å². The molecule has 0 aliphatic carbocycles. The van der Waals surface area contributed by atoms with E-state index in [0.717, 1.165) is 18.6 Å². The Hall–Kier alpha value is -1.50. The largest absolute Gasteiger partial charge is 0.416 e. The lowest BCUT2D eigenvalue weighted by molar-refractivity contribution is -0.137. The van der Waals surface area contributed by atoms with E-state index < -0.39 is 17.8 Å². The molecule has 2 N–H and O–H groups in total. The van der Waals surface area contributed by atoms with Crippen molar-refractivity contribution in [1.82, 2.24) is 4.98 Å². The second kappa shape index (κ2) is 5.87. The van der Waals surface area contributed by atoms with E-state index in [0.29, 0.717) is 26.1 Å². The number of aliphatic hydroxyl groups excluding tert-OH is 1. The zero-order valence-electron chi connectivity index (χ0n) is 11.2. The van der Waals surface area contributed by atoms with Crippen molar-refractivity contribution in [3.63, 3.8) is 0 Å². The second-order valence-electron chi connectivity index (χ2n) is 4.87. The van der Waals surface area contributed by atoms with Gasteiger partial charge in [-0.1, -0.05) is 0 Å². The summed E-state index contributed by atoms with van der Waals surface area (Å²) in [5.74, 6) is 0.465. The lowest BCUT2D eigenvalue weighted by Gasteiger charge is -2.31. The Bertz CT molecular complexity index is 465. The summed E-state index contributed by atoms with van der Waals surface area (Å²) in [6.07, 6.45) is -3.50. The van der Waals surface area contributed by atoms with Crippen LogP contribution in [0.3, 0.4) is 0 Å². The van der Waals surface area contributed by atoms with Gasteiger partial charge in [-0.05, 0) is 31.9 Å². The van der Waals surface area contributed by atoms with Gasteiger partial charge in [-0.25, -0.2) is 4.98 Å². The Morgan fingerprint density at radius 1 is 1.45 bits per heavy atom. The van der Waals surface area contributed by atoms with Gasteiger partial charge in [-0.3, -0.25) is 0 Å². The zero-order chi connectivity index (χ0) is 14.8. The van der Waals surface area contributed by atoms with Gasteiger partial charge in [-0.15, -0.1) is 0 Å². The zero-order valence-corrected chi connectivity index (χ0v) is 11.2. The number of β-amino-alcohol motifs (C(OH)–C–C–N with tert-alkyl or cyclic N) is 1. The first-order valence-electron chi connectivity index (χ1n) is 6.66. The maximum Gasteiger partial charge on any atom is 0.416 e. The van der Waals surface area contributed by atoms with Crippen molar-refractivity contribution in [3.8, 4) is 0 Å². The van der Waals surface area contributed by atoms with Crippen molar-refractivity contribution < 1.29 is 18.3 Å². The van der Waals surface area contributed by atoms with E-state index in [1.807, 2.05) is 0 Å². The summed E-state index contributed by atoms with van der Waals surface area (Å²) in [6.45, 7) is 3.22. The highest BCUT2D eigenvalue weighted by Gasteiger charge is 2.32. The van der Waals surface area contributed by atoms with Crippen molar-refractivity contribution >= 4 is 11.6 Å². The molecule has 7 heteroatoms. The van der Waals surface area contributed by atoms with Crippen molar-refractivity contribution in [2.45, 2.75) is 32.0 Å². The molecule has 1 aromatic rings. The second-order valence-corrected chi connectivity index (χ2v) is 4.87. The van der Waals surface area contributed by atoms with Crippen LogP contribution >= 0.6 is 0 Å².